The quantitative estimate of drug-likeness (QED) is 0.672. The molecule has 20 heavy (non-hydrogen) atoms. The lowest BCUT2D eigenvalue weighted by Crippen LogP contribution is -2.29. The van der Waals surface area contributed by atoms with E-state index in [0.29, 0.717) is 18.9 Å². The SMILES string of the molecule is CNCCOc1ccc(S(=O)(=O)NCC(C)SC)cc1. The van der Waals surface area contributed by atoms with Crippen LogP contribution in [0.5, 0.6) is 5.75 Å². The fourth-order valence-electron chi connectivity index (χ4n) is 1.38. The summed E-state index contributed by atoms with van der Waals surface area (Å²) in [6.45, 7) is 3.69. The highest BCUT2D eigenvalue weighted by Crippen LogP contribution is 2.16. The smallest absolute Gasteiger partial charge is 0.240 e. The van der Waals surface area contributed by atoms with Crippen molar-refractivity contribution < 1.29 is 13.2 Å². The number of thioether (sulfide) groups is 1. The van der Waals surface area contributed by atoms with Crippen molar-refractivity contribution in [2.45, 2.75) is 17.1 Å². The Hall–Kier alpha value is -0.760. The molecular weight excluding hydrogens is 296 g/mol. The van der Waals surface area contributed by atoms with E-state index in [4.69, 9.17) is 4.74 Å². The molecule has 0 aliphatic rings. The lowest BCUT2D eigenvalue weighted by Gasteiger charge is -2.11. The molecule has 0 fully saturated rings. The van der Waals surface area contributed by atoms with E-state index < -0.39 is 10.0 Å². The van der Waals surface area contributed by atoms with Gasteiger partial charge in [-0.1, -0.05) is 6.92 Å². The Balaban J connectivity index is 2.62. The summed E-state index contributed by atoms with van der Waals surface area (Å²) < 4.78 is 32.2. The summed E-state index contributed by atoms with van der Waals surface area (Å²) in [5, 5.41) is 3.22. The second kappa shape index (κ2) is 8.51. The maximum absolute atomic E-state index is 12.1. The van der Waals surface area contributed by atoms with E-state index in [0.717, 1.165) is 6.54 Å². The summed E-state index contributed by atoms with van der Waals surface area (Å²) in [7, 11) is -1.59. The summed E-state index contributed by atoms with van der Waals surface area (Å²) in [6, 6.07) is 6.45. The van der Waals surface area contributed by atoms with Crippen LogP contribution in [0, 0.1) is 0 Å². The molecule has 7 heteroatoms. The standard InChI is InChI=1S/C13H22N2O3S2/c1-11(19-3)10-15-20(16,17)13-6-4-12(5-7-13)18-9-8-14-2/h4-7,11,14-15H,8-10H2,1-3H3. The van der Waals surface area contributed by atoms with Crippen LogP contribution in [0.1, 0.15) is 6.92 Å². The molecule has 1 atom stereocenters. The van der Waals surface area contributed by atoms with Gasteiger partial charge in [0.15, 0.2) is 0 Å². The molecule has 0 amide bonds. The maximum Gasteiger partial charge on any atom is 0.240 e. The number of hydrogen-bond donors (Lipinski definition) is 2. The second-order valence-electron chi connectivity index (χ2n) is 4.32. The molecule has 0 bridgehead atoms. The van der Waals surface area contributed by atoms with Crippen molar-refractivity contribution in [3.8, 4) is 5.75 Å². The highest BCUT2D eigenvalue weighted by atomic mass is 32.2. The van der Waals surface area contributed by atoms with Crippen molar-refractivity contribution in [1.29, 1.82) is 0 Å². The third-order valence-corrected chi connectivity index (χ3v) is 5.13. The summed E-state index contributed by atoms with van der Waals surface area (Å²) >= 11 is 1.62. The Bertz CT molecular complexity index is 489. The van der Waals surface area contributed by atoms with Crippen LogP contribution < -0.4 is 14.8 Å². The molecule has 0 aliphatic heterocycles. The maximum atomic E-state index is 12.1. The predicted molar refractivity (Wildman–Crippen MR) is 84.0 cm³/mol. The molecule has 2 N–H and O–H groups in total. The first kappa shape index (κ1) is 17.3. The summed E-state index contributed by atoms with van der Waals surface area (Å²) in [4.78, 5) is 0.256. The first-order valence-corrected chi connectivity index (χ1v) is 9.16. The van der Waals surface area contributed by atoms with Gasteiger partial charge in [-0.3, -0.25) is 0 Å². The molecule has 0 saturated heterocycles. The molecule has 0 aromatic heterocycles. The Kier molecular flexibility index (Phi) is 7.36. The van der Waals surface area contributed by atoms with Crippen LogP contribution in [0.25, 0.3) is 0 Å². The summed E-state index contributed by atoms with van der Waals surface area (Å²) in [5.41, 5.74) is 0. The monoisotopic (exact) mass is 318 g/mol. The Labute approximate surface area is 125 Å². The van der Waals surface area contributed by atoms with Crippen molar-refractivity contribution in [2.24, 2.45) is 0 Å². The van der Waals surface area contributed by atoms with Gasteiger partial charge in [-0.15, -0.1) is 0 Å². The van der Waals surface area contributed by atoms with E-state index in [-0.39, 0.29) is 10.1 Å². The number of rotatable bonds is 9. The first-order valence-electron chi connectivity index (χ1n) is 6.39. The van der Waals surface area contributed by atoms with Gasteiger partial charge in [-0.05, 0) is 37.6 Å². The largest absolute Gasteiger partial charge is 0.492 e. The van der Waals surface area contributed by atoms with Crippen molar-refractivity contribution >= 4 is 21.8 Å². The molecule has 1 aromatic rings. The molecule has 0 spiro atoms. The van der Waals surface area contributed by atoms with Gasteiger partial charge in [-0.2, -0.15) is 11.8 Å². The zero-order valence-corrected chi connectivity index (χ0v) is 13.7. The average Bonchev–Trinajstić information content (AvgIpc) is 2.45. The second-order valence-corrected chi connectivity index (χ2v) is 7.36. The van der Waals surface area contributed by atoms with Gasteiger partial charge < -0.3 is 10.1 Å². The van der Waals surface area contributed by atoms with E-state index >= 15 is 0 Å². The van der Waals surface area contributed by atoms with Crippen molar-refractivity contribution in [2.75, 3.05) is 33.0 Å². The van der Waals surface area contributed by atoms with Crippen LogP contribution >= 0.6 is 11.8 Å². The molecule has 0 radical (unpaired) electrons. The van der Waals surface area contributed by atoms with E-state index in [9.17, 15) is 8.42 Å². The average molecular weight is 318 g/mol. The van der Waals surface area contributed by atoms with Crippen molar-refractivity contribution in [3.05, 3.63) is 24.3 Å². The van der Waals surface area contributed by atoms with Gasteiger partial charge in [0.1, 0.15) is 12.4 Å². The van der Waals surface area contributed by atoms with Crippen LogP contribution in [-0.2, 0) is 10.0 Å². The number of nitrogens with one attached hydrogen (secondary N) is 2. The Morgan fingerprint density at radius 3 is 2.50 bits per heavy atom. The van der Waals surface area contributed by atoms with E-state index in [1.807, 2.05) is 20.2 Å². The predicted octanol–water partition coefficient (Wildman–Crippen LogP) is 1.31. The summed E-state index contributed by atoms with van der Waals surface area (Å²) in [5.74, 6) is 0.664. The fraction of sp³-hybridized carbons (Fsp3) is 0.538. The van der Waals surface area contributed by atoms with E-state index in [1.165, 1.54) is 0 Å². The highest BCUT2D eigenvalue weighted by Gasteiger charge is 2.14. The first-order chi connectivity index (χ1) is 9.49. The molecule has 1 aromatic carbocycles. The van der Waals surface area contributed by atoms with Crippen LogP contribution in [-0.4, -0.2) is 46.7 Å². The zero-order chi connectivity index (χ0) is 15.0. The number of benzene rings is 1. The van der Waals surface area contributed by atoms with E-state index in [2.05, 4.69) is 10.0 Å². The van der Waals surface area contributed by atoms with Crippen LogP contribution in [0.3, 0.4) is 0 Å². The molecular formula is C13H22N2O3S2. The minimum Gasteiger partial charge on any atom is -0.492 e. The minimum atomic E-state index is -3.44. The fourth-order valence-corrected chi connectivity index (χ4v) is 2.87. The number of likely N-dealkylation sites (N-methyl/N-ethyl adjacent to an activating group) is 1. The van der Waals surface area contributed by atoms with Crippen LogP contribution in [0.4, 0.5) is 0 Å². The third kappa shape index (κ3) is 5.70. The normalized spacial score (nSPS) is 13.2. The van der Waals surface area contributed by atoms with Gasteiger partial charge in [0.25, 0.3) is 0 Å². The van der Waals surface area contributed by atoms with Gasteiger partial charge in [0, 0.05) is 18.3 Å². The van der Waals surface area contributed by atoms with Crippen LogP contribution in [0.2, 0.25) is 0 Å². The molecule has 1 rings (SSSR count). The molecule has 5 nitrogen and oxygen atoms in total. The van der Waals surface area contributed by atoms with Crippen molar-refractivity contribution in [3.63, 3.8) is 0 Å². The molecule has 1 unspecified atom stereocenters. The van der Waals surface area contributed by atoms with Crippen molar-refractivity contribution in [1.82, 2.24) is 10.0 Å². The molecule has 0 saturated carbocycles. The van der Waals surface area contributed by atoms with Gasteiger partial charge in [0.2, 0.25) is 10.0 Å². The molecule has 0 heterocycles. The summed E-state index contributed by atoms with van der Waals surface area (Å²) in [6.07, 6.45) is 1.95. The Morgan fingerprint density at radius 1 is 1.30 bits per heavy atom. The van der Waals surface area contributed by atoms with Gasteiger partial charge in [0.05, 0.1) is 4.90 Å². The molecule has 114 valence electrons. The van der Waals surface area contributed by atoms with E-state index in [1.54, 1.807) is 36.0 Å². The zero-order valence-electron chi connectivity index (χ0n) is 12.0. The van der Waals surface area contributed by atoms with Crippen LogP contribution in [0.15, 0.2) is 29.2 Å². The topological polar surface area (TPSA) is 67.4 Å². The third-order valence-electron chi connectivity index (χ3n) is 2.72. The van der Waals surface area contributed by atoms with Gasteiger partial charge >= 0.3 is 0 Å². The minimum absolute atomic E-state index is 0.244. The number of sulfonamides is 1. The lowest BCUT2D eigenvalue weighted by atomic mass is 10.3. The lowest BCUT2D eigenvalue weighted by molar-refractivity contribution is 0.318. The molecule has 0 aliphatic carbocycles. The van der Waals surface area contributed by atoms with Gasteiger partial charge in [-0.25, -0.2) is 13.1 Å². The Morgan fingerprint density at radius 2 is 1.95 bits per heavy atom. The number of hydrogen-bond acceptors (Lipinski definition) is 5. The number of ether oxygens (including phenoxy) is 1. The highest BCUT2D eigenvalue weighted by molar-refractivity contribution is 7.99.